The number of nitrogens with two attached hydrogens (primary N) is 1. The van der Waals surface area contributed by atoms with Gasteiger partial charge in [-0.1, -0.05) is 43.5 Å². The van der Waals surface area contributed by atoms with E-state index in [0.29, 0.717) is 0 Å². The van der Waals surface area contributed by atoms with Crippen molar-refractivity contribution in [1.29, 1.82) is 0 Å². The average Bonchev–Trinajstić information content (AvgIpc) is 2.47. The fourth-order valence-electron chi connectivity index (χ4n) is 2.98. The molecule has 0 bridgehead atoms. The standard InChI is InChI=1S/C17H28N2/c1-17(2,19-3)16(18)15-11-9-14(10-12-15)13-7-5-4-6-8-13/h9-13,16,19H,4-8,18H2,1-3H3. The molecule has 3 N–H and O–H groups in total. The zero-order chi connectivity index (χ0) is 13.9. The first-order valence-corrected chi connectivity index (χ1v) is 7.59. The second-order valence-electron chi connectivity index (χ2n) is 6.45. The van der Waals surface area contributed by atoms with Crippen LogP contribution in [0.15, 0.2) is 24.3 Å². The second kappa shape index (κ2) is 6.06. The zero-order valence-corrected chi connectivity index (χ0v) is 12.6. The van der Waals surface area contributed by atoms with Crippen LogP contribution in [0.1, 0.15) is 69.0 Å². The molecule has 1 fully saturated rings. The molecular weight excluding hydrogens is 232 g/mol. The minimum absolute atomic E-state index is 0.0258. The van der Waals surface area contributed by atoms with Gasteiger partial charge in [-0.05, 0) is 50.8 Å². The Bertz CT molecular complexity index is 388. The highest BCUT2D eigenvalue weighted by atomic mass is 15.0. The topological polar surface area (TPSA) is 38.0 Å². The SMILES string of the molecule is CNC(C)(C)C(N)c1ccc(C2CCCCC2)cc1. The summed E-state index contributed by atoms with van der Waals surface area (Å²) in [7, 11) is 1.97. The molecule has 0 radical (unpaired) electrons. The van der Waals surface area contributed by atoms with Gasteiger partial charge in [0.05, 0.1) is 0 Å². The molecule has 1 atom stereocenters. The van der Waals surface area contributed by atoms with E-state index in [-0.39, 0.29) is 11.6 Å². The molecule has 1 saturated carbocycles. The molecule has 0 aromatic heterocycles. The van der Waals surface area contributed by atoms with Crippen LogP contribution >= 0.6 is 0 Å². The molecule has 1 unspecified atom stereocenters. The van der Waals surface area contributed by atoms with Crippen LogP contribution in [0, 0.1) is 0 Å². The number of hydrogen-bond acceptors (Lipinski definition) is 2. The van der Waals surface area contributed by atoms with Gasteiger partial charge in [0.2, 0.25) is 0 Å². The third kappa shape index (κ3) is 3.37. The number of rotatable bonds is 4. The normalized spacial score (nSPS) is 19.4. The van der Waals surface area contributed by atoms with Gasteiger partial charge in [-0.15, -0.1) is 0 Å². The number of hydrogen-bond donors (Lipinski definition) is 2. The lowest BCUT2D eigenvalue weighted by molar-refractivity contribution is 0.348. The van der Waals surface area contributed by atoms with Crippen molar-refractivity contribution in [3.63, 3.8) is 0 Å². The molecule has 2 rings (SSSR count). The summed E-state index contributed by atoms with van der Waals surface area (Å²) in [6.45, 7) is 4.29. The number of benzene rings is 1. The highest BCUT2D eigenvalue weighted by molar-refractivity contribution is 5.29. The third-order valence-corrected chi connectivity index (χ3v) is 4.79. The first kappa shape index (κ1) is 14.5. The first-order chi connectivity index (χ1) is 9.04. The zero-order valence-electron chi connectivity index (χ0n) is 12.6. The lowest BCUT2D eigenvalue weighted by Gasteiger charge is -2.32. The summed E-state index contributed by atoms with van der Waals surface area (Å²) in [4.78, 5) is 0. The van der Waals surface area contributed by atoms with Gasteiger partial charge in [-0.25, -0.2) is 0 Å². The highest BCUT2D eigenvalue weighted by Gasteiger charge is 2.25. The summed E-state index contributed by atoms with van der Waals surface area (Å²) in [6, 6.07) is 9.03. The van der Waals surface area contributed by atoms with E-state index in [1.807, 2.05) is 7.05 Å². The van der Waals surface area contributed by atoms with Crippen molar-refractivity contribution in [1.82, 2.24) is 5.32 Å². The van der Waals surface area contributed by atoms with Crippen LogP contribution in [0.3, 0.4) is 0 Å². The van der Waals surface area contributed by atoms with Gasteiger partial charge >= 0.3 is 0 Å². The molecule has 1 aliphatic carbocycles. The van der Waals surface area contributed by atoms with E-state index in [0.717, 1.165) is 5.92 Å². The van der Waals surface area contributed by atoms with Gasteiger partial charge in [-0.2, -0.15) is 0 Å². The van der Waals surface area contributed by atoms with E-state index in [1.54, 1.807) is 0 Å². The lowest BCUT2D eigenvalue weighted by atomic mass is 9.83. The van der Waals surface area contributed by atoms with Gasteiger partial charge < -0.3 is 11.1 Å². The Morgan fingerprint density at radius 3 is 2.21 bits per heavy atom. The monoisotopic (exact) mass is 260 g/mol. The van der Waals surface area contributed by atoms with Gasteiger partial charge in [0.25, 0.3) is 0 Å². The molecule has 0 heterocycles. The van der Waals surface area contributed by atoms with Gasteiger partial charge in [0, 0.05) is 11.6 Å². The molecule has 2 heteroatoms. The molecule has 1 aromatic carbocycles. The van der Waals surface area contributed by atoms with Crippen molar-refractivity contribution in [2.45, 2.75) is 63.5 Å². The van der Waals surface area contributed by atoms with Crippen molar-refractivity contribution in [2.24, 2.45) is 5.73 Å². The Kier molecular flexibility index (Phi) is 4.64. The summed E-state index contributed by atoms with van der Waals surface area (Å²) < 4.78 is 0. The predicted molar refractivity (Wildman–Crippen MR) is 82.3 cm³/mol. The summed E-state index contributed by atoms with van der Waals surface area (Å²) in [6.07, 6.45) is 6.90. The Morgan fingerprint density at radius 2 is 1.68 bits per heavy atom. The van der Waals surface area contributed by atoms with E-state index in [9.17, 15) is 0 Å². The molecule has 0 saturated heterocycles. The van der Waals surface area contributed by atoms with Crippen LogP contribution in [0.2, 0.25) is 0 Å². The van der Waals surface area contributed by atoms with Gasteiger partial charge in [0.1, 0.15) is 0 Å². The number of nitrogens with one attached hydrogen (secondary N) is 1. The Morgan fingerprint density at radius 1 is 1.11 bits per heavy atom. The van der Waals surface area contributed by atoms with Crippen LogP contribution in [-0.2, 0) is 0 Å². The van der Waals surface area contributed by atoms with Crippen molar-refractivity contribution >= 4 is 0 Å². The summed E-state index contributed by atoms with van der Waals surface area (Å²) in [5.74, 6) is 0.774. The molecule has 0 aliphatic heterocycles. The van der Waals surface area contributed by atoms with Gasteiger partial charge in [-0.3, -0.25) is 0 Å². The van der Waals surface area contributed by atoms with Gasteiger partial charge in [0.15, 0.2) is 0 Å². The molecule has 0 spiro atoms. The van der Waals surface area contributed by atoms with E-state index in [4.69, 9.17) is 5.73 Å². The largest absolute Gasteiger partial charge is 0.322 e. The fourth-order valence-corrected chi connectivity index (χ4v) is 2.98. The van der Waals surface area contributed by atoms with Crippen LogP contribution in [0.25, 0.3) is 0 Å². The molecule has 0 amide bonds. The van der Waals surface area contributed by atoms with Crippen molar-refractivity contribution in [3.05, 3.63) is 35.4 Å². The minimum atomic E-state index is -0.0770. The maximum absolute atomic E-state index is 6.35. The van der Waals surface area contributed by atoms with Crippen molar-refractivity contribution < 1.29 is 0 Å². The maximum atomic E-state index is 6.35. The molecular formula is C17H28N2. The Labute approximate surface area is 117 Å². The van der Waals surface area contributed by atoms with Crippen LogP contribution < -0.4 is 11.1 Å². The second-order valence-corrected chi connectivity index (χ2v) is 6.45. The predicted octanol–water partition coefficient (Wildman–Crippen LogP) is 3.73. The van der Waals surface area contributed by atoms with Crippen molar-refractivity contribution in [2.75, 3.05) is 7.05 Å². The fraction of sp³-hybridized carbons (Fsp3) is 0.647. The summed E-state index contributed by atoms with van der Waals surface area (Å²) in [5.41, 5.74) is 8.99. The molecule has 1 aromatic rings. The number of likely N-dealkylation sites (N-methyl/N-ethyl adjacent to an activating group) is 1. The van der Waals surface area contributed by atoms with Crippen LogP contribution in [-0.4, -0.2) is 12.6 Å². The van der Waals surface area contributed by atoms with E-state index < -0.39 is 0 Å². The minimum Gasteiger partial charge on any atom is -0.322 e. The molecule has 106 valence electrons. The Balaban J connectivity index is 2.09. The van der Waals surface area contributed by atoms with E-state index >= 15 is 0 Å². The maximum Gasteiger partial charge on any atom is 0.0474 e. The third-order valence-electron chi connectivity index (χ3n) is 4.79. The lowest BCUT2D eigenvalue weighted by Crippen LogP contribution is -2.46. The Hall–Kier alpha value is -0.860. The average molecular weight is 260 g/mol. The highest BCUT2D eigenvalue weighted by Crippen LogP contribution is 2.33. The van der Waals surface area contributed by atoms with Crippen LogP contribution in [0.5, 0.6) is 0 Å². The quantitative estimate of drug-likeness (QED) is 0.865. The smallest absolute Gasteiger partial charge is 0.0474 e. The molecule has 1 aliphatic rings. The van der Waals surface area contributed by atoms with Crippen LogP contribution in [0.4, 0.5) is 0 Å². The van der Waals surface area contributed by atoms with Crippen molar-refractivity contribution in [3.8, 4) is 0 Å². The summed E-state index contributed by atoms with van der Waals surface area (Å²) >= 11 is 0. The molecule has 19 heavy (non-hydrogen) atoms. The first-order valence-electron chi connectivity index (χ1n) is 7.59. The molecule has 2 nitrogen and oxygen atoms in total. The van der Waals surface area contributed by atoms with E-state index in [2.05, 4.69) is 43.4 Å². The summed E-state index contributed by atoms with van der Waals surface area (Å²) in [5, 5.41) is 3.29. The van der Waals surface area contributed by atoms with E-state index in [1.165, 1.54) is 43.2 Å².